The molecule has 0 N–H and O–H groups in total. The highest BCUT2D eigenvalue weighted by Crippen LogP contribution is 2.57. The lowest BCUT2D eigenvalue weighted by Gasteiger charge is -2.46. The maximum atomic E-state index is 11.8. The van der Waals surface area contributed by atoms with Crippen LogP contribution in [0.15, 0.2) is 0 Å². The molecule has 0 heterocycles. The highest BCUT2D eigenvalue weighted by molar-refractivity contribution is 5.85. The molecule has 1 heteroatoms. The van der Waals surface area contributed by atoms with Gasteiger partial charge in [-0.3, -0.25) is 4.79 Å². The Morgan fingerprint density at radius 2 is 1.85 bits per heavy atom. The molecule has 2 rings (SSSR count). The Bertz CT molecular complexity index is 242. The summed E-state index contributed by atoms with van der Waals surface area (Å²) in [5.41, 5.74) is 0.611. The predicted molar refractivity (Wildman–Crippen MR) is 53.5 cm³/mol. The van der Waals surface area contributed by atoms with Crippen molar-refractivity contribution in [1.82, 2.24) is 0 Å². The number of hydrogen-bond acceptors (Lipinski definition) is 1. The van der Waals surface area contributed by atoms with E-state index in [1.54, 1.807) is 0 Å². The molecule has 0 aromatic carbocycles. The quantitative estimate of drug-likeness (QED) is 0.559. The molecule has 0 aromatic rings. The number of carbonyl (C=O) groups excluding carboxylic acids is 1. The largest absolute Gasteiger partial charge is 0.299 e. The molecule has 0 saturated heterocycles. The number of hydrogen-bond donors (Lipinski definition) is 0. The molecule has 74 valence electrons. The van der Waals surface area contributed by atoms with Gasteiger partial charge in [-0.25, -0.2) is 0 Å². The molecule has 0 spiro atoms. The third-order valence-electron chi connectivity index (χ3n) is 4.31. The first-order chi connectivity index (χ1) is 5.96. The molecule has 2 aliphatic rings. The first-order valence-electron chi connectivity index (χ1n) is 5.48. The highest BCUT2D eigenvalue weighted by atomic mass is 16.1. The van der Waals surface area contributed by atoms with Crippen LogP contribution in [0.1, 0.15) is 52.9 Å². The van der Waals surface area contributed by atoms with Gasteiger partial charge in [-0.15, -0.1) is 0 Å². The van der Waals surface area contributed by atoms with E-state index in [2.05, 4.69) is 20.8 Å². The van der Waals surface area contributed by atoms with E-state index in [9.17, 15) is 4.79 Å². The second-order valence-corrected chi connectivity index (χ2v) is 5.90. The maximum Gasteiger partial charge on any atom is 0.137 e. The van der Waals surface area contributed by atoms with Gasteiger partial charge in [0.2, 0.25) is 0 Å². The third kappa shape index (κ3) is 1.24. The van der Waals surface area contributed by atoms with Gasteiger partial charge >= 0.3 is 0 Å². The molecule has 2 atom stereocenters. The van der Waals surface area contributed by atoms with E-state index in [1.807, 2.05) is 0 Å². The normalized spacial score (nSPS) is 43.3. The highest BCUT2D eigenvalue weighted by Gasteiger charge is 2.53. The molecule has 1 nitrogen and oxygen atoms in total. The minimum Gasteiger partial charge on any atom is -0.299 e. The molecule has 2 fully saturated rings. The monoisotopic (exact) mass is 180 g/mol. The Kier molecular flexibility index (Phi) is 1.84. The first-order valence-corrected chi connectivity index (χ1v) is 5.48. The van der Waals surface area contributed by atoms with E-state index in [0.717, 1.165) is 12.8 Å². The molecular weight excluding hydrogens is 160 g/mol. The van der Waals surface area contributed by atoms with Crippen LogP contribution in [0.3, 0.4) is 0 Å². The second-order valence-electron chi connectivity index (χ2n) is 5.90. The number of rotatable bonds is 0. The summed E-state index contributed by atoms with van der Waals surface area (Å²) in [4.78, 5) is 11.8. The van der Waals surface area contributed by atoms with Gasteiger partial charge < -0.3 is 0 Å². The van der Waals surface area contributed by atoms with Gasteiger partial charge in [0.1, 0.15) is 5.78 Å². The fourth-order valence-electron chi connectivity index (χ4n) is 3.83. The van der Waals surface area contributed by atoms with Crippen molar-refractivity contribution in [3.63, 3.8) is 0 Å². The zero-order valence-electron chi connectivity index (χ0n) is 9.02. The van der Waals surface area contributed by atoms with Crippen LogP contribution in [0, 0.1) is 16.7 Å². The lowest BCUT2D eigenvalue weighted by atomic mass is 9.58. The standard InChI is InChI=1S/C12H20O/c1-11(2)6-4-7-12(3)8-5-9(13)10(11)12/h10H,4-8H2,1-3H3/t10?,12-/m1/s1. The molecule has 0 aliphatic heterocycles. The Morgan fingerprint density at radius 1 is 1.15 bits per heavy atom. The summed E-state index contributed by atoms with van der Waals surface area (Å²) >= 11 is 0. The summed E-state index contributed by atoms with van der Waals surface area (Å²) in [5.74, 6) is 0.890. The van der Waals surface area contributed by atoms with Crippen LogP contribution < -0.4 is 0 Å². The van der Waals surface area contributed by atoms with Crippen LogP contribution in [0.5, 0.6) is 0 Å². The van der Waals surface area contributed by atoms with E-state index in [1.165, 1.54) is 19.3 Å². The summed E-state index contributed by atoms with van der Waals surface area (Å²) in [6, 6.07) is 0. The van der Waals surface area contributed by atoms with Crippen molar-refractivity contribution in [2.45, 2.75) is 52.9 Å². The predicted octanol–water partition coefficient (Wildman–Crippen LogP) is 3.18. The van der Waals surface area contributed by atoms with Crippen molar-refractivity contribution in [3.8, 4) is 0 Å². The van der Waals surface area contributed by atoms with Crippen molar-refractivity contribution in [2.24, 2.45) is 16.7 Å². The molecule has 0 radical (unpaired) electrons. The molecule has 2 saturated carbocycles. The van der Waals surface area contributed by atoms with E-state index >= 15 is 0 Å². The Hall–Kier alpha value is -0.330. The second kappa shape index (κ2) is 2.59. The van der Waals surface area contributed by atoms with E-state index in [0.29, 0.717) is 17.1 Å². The topological polar surface area (TPSA) is 17.1 Å². The van der Waals surface area contributed by atoms with Crippen LogP contribution in [-0.4, -0.2) is 5.78 Å². The van der Waals surface area contributed by atoms with Gasteiger partial charge in [-0.1, -0.05) is 27.2 Å². The van der Waals surface area contributed by atoms with Gasteiger partial charge in [-0.2, -0.15) is 0 Å². The Morgan fingerprint density at radius 3 is 2.46 bits per heavy atom. The minimum atomic E-state index is 0.264. The SMILES string of the molecule is CC1(C)CCC[C@]2(C)CCC(=O)C12. The van der Waals surface area contributed by atoms with Gasteiger partial charge in [0.25, 0.3) is 0 Å². The molecule has 0 aromatic heterocycles. The summed E-state index contributed by atoms with van der Waals surface area (Å²) in [6.45, 7) is 6.88. The lowest BCUT2D eigenvalue weighted by Crippen LogP contribution is -2.41. The fraction of sp³-hybridized carbons (Fsp3) is 0.917. The van der Waals surface area contributed by atoms with E-state index < -0.39 is 0 Å². The van der Waals surface area contributed by atoms with Crippen LogP contribution in [0.2, 0.25) is 0 Å². The average Bonchev–Trinajstić information content (AvgIpc) is 2.27. The van der Waals surface area contributed by atoms with Gasteiger partial charge in [0, 0.05) is 12.3 Å². The summed E-state index contributed by atoms with van der Waals surface area (Å²) in [6.07, 6.45) is 5.80. The fourth-order valence-corrected chi connectivity index (χ4v) is 3.83. The number of Topliss-reactive ketones (excluding diaryl/α,β-unsaturated/α-hetero) is 1. The molecule has 0 bridgehead atoms. The van der Waals surface area contributed by atoms with E-state index in [-0.39, 0.29) is 5.41 Å². The number of fused-ring (bicyclic) bond motifs is 1. The summed E-state index contributed by atoms with van der Waals surface area (Å²) in [7, 11) is 0. The smallest absolute Gasteiger partial charge is 0.137 e. The third-order valence-corrected chi connectivity index (χ3v) is 4.31. The van der Waals surface area contributed by atoms with Crippen molar-refractivity contribution in [3.05, 3.63) is 0 Å². The van der Waals surface area contributed by atoms with Crippen molar-refractivity contribution >= 4 is 5.78 Å². The van der Waals surface area contributed by atoms with Crippen molar-refractivity contribution in [2.75, 3.05) is 0 Å². The van der Waals surface area contributed by atoms with Gasteiger partial charge in [-0.05, 0) is 30.1 Å². The van der Waals surface area contributed by atoms with Crippen LogP contribution in [-0.2, 0) is 4.79 Å². The molecule has 13 heavy (non-hydrogen) atoms. The zero-order chi connectivity index (χ0) is 9.69. The molecule has 2 aliphatic carbocycles. The molecule has 1 unspecified atom stereocenters. The maximum absolute atomic E-state index is 11.8. The zero-order valence-corrected chi connectivity index (χ0v) is 9.02. The van der Waals surface area contributed by atoms with Crippen LogP contribution in [0.4, 0.5) is 0 Å². The minimum absolute atomic E-state index is 0.264. The lowest BCUT2D eigenvalue weighted by molar-refractivity contribution is -0.128. The molecule has 0 amide bonds. The van der Waals surface area contributed by atoms with Crippen molar-refractivity contribution < 1.29 is 4.79 Å². The van der Waals surface area contributed by atoms with Crippen LogP contribution >= 0.6 is 0 Å². The Labute approximate surface area is 80.9 Å². The summed E-state index contributed by atoms with van der Waals surface area (Å²) in [5, 5.41) is 0. The van der Waals surface area contributed by atoms with E-state index in [4.69, 9.17) is 0 Å². The number of ketones is 1. The molecular formula is C12H20O. The average molecular weight is 180 g/mol. The first kappa shape index (κ1) is 9.23. The van der Waals surface area contributed by atoms with Gasteiger partial charge in [0.05, 0.1) is 0 Å². The van der Waals surface area contributed by atoms with Gasteiger partial charge in [0.15, 0.2) is 0 Å². The van der Waals surface area contributed by atoms with Crippen molar-refractivity contribution in [1.29, 1.82) is 0 Å². The number of carbonyl (C=O) groups is 1. The Balaban J connectivity index is 2.35. The van der Waals surface area contributed by atoms with Crippen LogP contribution in [0.25, 0.3) is 0 Å². The summed E-state index contributed by atoms with van der Waals surface area (Å²) < 4.78 is 0.